The summed E-state index contributed by atoms with van der Waals surface area (Å²) in [4.78, 5) is 29.5. The maximum atomic E-state index is 16.9. The number of ether oxygens (including phenoxy) is 2. The van der Waals surface area contributed by atoms with Crippen LogP contribution in [0.5, 0.6) is 0 Å². The van der Waals surface area contributed by atoms with Gasteiger partial charge in [-0.05, 0) is 0 Å². The topological polar surface area (TPSA) is 59.1 Å². The van der Waals surface area contributed by atoms with Gasteiger partial charge >= 0.3 is 284 Å². The minimum atomic E-state index is -3.98. The van der Waals surface area contributed by atoms with Gasteiger partial charge in [-0.3, -0.25) is 0 Å². The Labute approximate surface area is 282 Å². The van der Waals surface area contributed by atoms with E-state index >= 15 is 17.6 Å². The van der Waals surface area contributed by atoms with Crippen molar-refractivity contribution in [3.05, 3.63) is 144 Å². The van der Waals surface area contributed by atoms with Crippen LogP contribution in [0.15, 0.2) is 109 Å². The summed E-state index contributed by atoms with van der Waals surface area (Å²) in [5, 5.41) is 0. The third-order valence-corrected chi connectivity index (χ3v) is 12.7. The molecule has 0 bridgehead atoms. The monoisotopic (exact) mass is 693 g/mol. The Bertz CT molecular complexity index is 1690. The molecule has 11 heteroatoms. The SMILES string of the molecule is COCCN(C(=O)c1ccccc1)c1ccc(F)[c]([Ti]([c]2c(F)ccc(N(CCOC)C(=O)c3ccccc3)c2F)[CH]2C=CC=C2)c1F. The van der Waals surface area contributed by atoms with Gasteiger partial charge in [0.25, 0.3) is 0 Å². The molecule has 0 saturated carbocycles. The Balaban J connectivity index is 1.69. The van der Waals surface area contributed by atoms with Crippen LogP contribution in [0, 0.1) is 23.3 Å². The third-order valence-electron chi connectivity index (χ3n) is 7.91. The second-order valence-electron chi connectivity index (χ2n) is 10.9. The van der Waals surface area contributed by atoms with Gasteiger partial charge < -0.3 is 0 Å². The average Bonchev–Trinajstić information content (AvgIpc) is 3.64. The van der Waals surface area contributed by atoms with Crippen LogP contribution in [0.3, 0.4) is 0 Å². The Kier molecular flexibility index (Phi) is 11.8. The molecule has 0 aromatic heterocycles. The molecule has 0 saturated heterocycles. The van der Waals surface area contributed by atoms with Crippen molar-refractivity contribution in [2.24, 2.45) is 0 Å². The summed E-state index contributed by atoms with van der Waals surface area (Å²) < 4.78 is 74.5. The zero-order chi connectivity index (χ0) is 34.2. The van der Waals surface area contributed by atoms with Gasteiger partial charge in [-0.1, -0.05) is 0 Å². The van der Waals surface area contributed by atoms with E-state index in [9.17, 15) is 9.59 Å². The van der Waals surface area contributed by atoms with E-state index in [-0.39, 0.29) is 48.8 Å². The molecule has 6 nitrogen and oxygen atoms in total. The zero-order valence-electron chi connectivity index (χ0n) is 26.3. The third kappa shape index (κ3) is 7.37. The number of methoxy groups -OCH3 is 2. The van der Waals surface area contributed by atoms with Crippen molar-refractivity contribution in [3.63, 3.8) is 0 Å². The quantitative estimate of drug-likeness (QED) is 0.122. The van der Waals surface area contributed by atoms with Crippen molar-refractivity contribution < 1.29 is 54.5 Å². The summed E-state index contributed by atoms with van der Waals surface area (Å²) in [5.41, 5.74) is 0.0408. The number of hydrogen-bond acceptors (Lipinski definition) is 4. The van der Waals surface area contributed by atoms with E-state index in [1.165, 1.54) is 14.2 Å². The average molecular weight is 694 g/mol. The van der Waals surface area contributed by atoms with Crippen LogP contribution in [-0.4, -0.2) is 52.3 Å². The van der Waals surface area contributed by atoms with E-state index in [0.29, 0.717) is 0 Å². The molecular weight excluding hydrogens is 660 g/mol. The maximum absolute atomic E-state index is 16.9. The van der Waals surface area contributed by atoms with Gasteiger partial charge in [0.15, 0.2) is 0 Å². The van der Waals surface area contributed by atoms with Gasteiger partial charge in [-0.15, -0.1) is 0 Å². The van der Waals surface area contributed by atoms with Gasteiger partial charge in [0.2, 0.25) is 0 Å². The summed E-state index contributed by atoms with van der Waals surface area (Å²) >= 11 is -3.98. The minimum absolute atomic E-state index is 0.0417. The molecule has 0 aliphatic heterocycles. The first-order valence-corrected chi connectivity index (χ1v) is 17.6. The molecule has 247 valence electrons. The molecule has 0 heterocycles. The number of halogens is 4. The van der Waals surface area contributed by atoms with Gasteiger partial charge in [0.1, 0.15) is 0 Å². The summed E-state index contributed by atoms with van der Waals surface area (Å²) in [7, 11) is 2.86. The molecule has 0 atom stereocenters. The molecule has 48 heavy (non-hydrogen) atoms. The van der Waals surface area contributed by atoms with Crippen molar-refractivity contribution in [1.82, 2.24) is 0 Å². The summed E-state index contributed by atoms with van der Waals surface area (Å²) in [6, 6.07) is 20.7. The van der Waals surface area contributed by atoms with Gasteiger partial charge in [-0.25, -0.2) is 0 Å². The number of rotatable bonds is 13. The first-order valence-electron chi connectivity index (χ1n) is 15.2. The summed E-state index contributed by atoms with van der Waals surface area (Å²) in [6.45, 7) is -0.0574. The van der Waals surface area contributed by atoms with E-state index in [2.05, 4.69) is 0 Å². The number of amides is 2. The number of benzene rings is 4. The second-order valence-corrected chi connectivity index (χ2v) is 14.7. The van der Waals surface area contributed by atoms with Crippen molar-refractivity contribution in [3.8, 4) is 0 Å². The summed E-state index contributed by atoms with van der Waals surface area (Å²) in [6.07, 6.45) is 6.62. The Morgan fingerprint density at radius 1 is 0.625 bits per heavy atom. The number of carbonyl (C=O) groups excluding carboxylic acids is 2. The van der Waals surface area contributed by atoms with E-state index in [1.807, 2.05) is 0 Å². The van der Waals surface area contributed by atoms with Crippen LogP contribution in [0.4, 0.5) is 28.9 Å². The number of carbonyl (C=O) groups is 2. The van der Waals surface area contributed by atoms with E-state index < -0.39 is 64.9 Å². The molecular formula is C37H33F4N2O4Ti. The van der Waals surface area contributed by atoms with E-state index in [1.54, 1.807) is 85.0 Å². The molecule has 1 aliphatic rings. The molecule has 0 fully saturated rings. The van der Waals surface area contributed by atoms with Gasteiger partial charge in [0.05, 0.1) is 0 Å². The van der Waals surface area contributed by atoms with Crippen LogP contribution in [0.1, 0.15) is 20.7 Å². The van der Waals surface area contributed by atoms with Crippen LogP contribution < -0.4 is 17.5 Å². The Morgan fingerprint density at radius 3 is 1.40 bits per heavy atom. The first kappa shape index (κ1) is 35.0. The molecule has 0 spiro atoms. The number of hydrogen-bond donors (Lipinski definition) is 0. The molecule has 4 aromatic rings. The van der Waals surface area contributed by atoms with Crippen LogP contribution in [-0.2, 0) is 27.3 Å². The van der Waals surface area contributed by atoms with Crippen LogP contribution >= 0.6 is 0 Å². The van der Waals surface area contributed by atoms with E-state index in [4.69, 9.17) is 9.47 Å². The first-order chi connectivity index (χ1) is 23.3. The van der Waals surface area contributed by atoms with E-state index in [0.717, 1.165) is 34.1 Å². The van der Waals surface area contributed by atoms with Crippen LogP contribution in [0.2, 0.25) is 4.22 Å². The Hall–Kier alpha value is -4.35. The van der Waals surface area contributed by atoms with Crippen molar-refractivity contribution in [1.29, 1.82) is 0 Å². The second kappa shape index (κ2) is 16.2. The number of anilines is 2. The molecule has 5 rings (SSSR count). The fourth-order valence-electron chi connectivity index (χ4n) is 5.58. The molecule has 0 unspecified atom stereocenters. The molecule has 2 amide bonds. The van der Waals surface area contributed by atoms with Crippen molar-refractivity contribution in [2.75, 3.05) is 50.3 Å². The predicted molar refractivity (Wildman–Crippen MR) is 174 cm³/mol. The van der Waals surface area contributed by atoms with Crippen molar-refractivity contribution in [2.45, 2.75) is 4.22 Å². The fourth-order valence-corrected chi connectivity index (χ4v) is 10.2. The standard InChI is InChI=1S/2C16H14F2NO2.C5H5.Ti/c2*1-21-10-9-19(15-8-7-13(17)11-14(15)18)16(20)12-5-3-2-4-6-12;1-2-4-5-3-1;/h2*2-8H,9-10H2,1H3;1-5H;. The molecule has 0 N–H and O–H groups in total. The number of allylic oxidation sites excluding steroid dienone is 4. The zero-order valence-corrected chi connectivity index (χ0v) is 27.9. The molecule has 4 aromatic carbocycles. The fraction of sp³-hybridized carbons (Fsp3) is 0.189. The molecule has 1 aliphatic carbocycles. The van der Waals surface area contributed by atoms with Gasteiger partial charge in [-0.2, -0.15) is 0 Å². The normalized spacial score (nSPS) is 12.4. The Morgan fingerprint density at radius 2 is 1.02 bits per heavy atom. The van der Waals surface area contributed by atoms with Crippen molar-refractivity contribution >= 4 is 30.9 Å². The van der Waals surface area contributed by atoms with Crippen LogP contribution in [0.25, 0.3) is 0 Å². The predicted octanol–water partition coefficient (Wildman–Crippen LogP) is 6.31. The number of nitrogens with zero attached hydrogens (tertiary/aromatic N) is 2. The summed E-state index contributed by atoms with van der Waals surface area (Å²) in [5.74, 6) is -5.25. The molecule has 0 radical (unpaired) electrons. The van der Waals surface area contributed by atoms with Gasteiger partial charge in [0, 0.05) is 0 Å².